The van der Waals surface area contributed by atoms with Gasteiger partial charge in [-0.1, -0.05) is 0 Å². The van der Waals surface area contributed by atoms with Crippen LogP contribution in [-0.4, -0.2) is 46.8 Å². The van der Waals surface area contributed by atoms with Crippen LogP contribution in [0.4, 0.5) is 0 Å². The van der Waals surface area contributed by atoms with E-state index in [2.05, 4.69) is 4.98 Å². The Morgan fingerprint density at radius 3 is 3.22 bits per heavy atom. The topological polar surface area (TPSA) is 53.4 Å². The van der Waals surface area contributed by atoms with E-state index in [4.69, 9.17) is 0 Å². The Kier molecular flexibility index (Phi) is 4.60. The summed E-state index contributed by atoms with van der Waals surface area (Å²) in [5.41, 5.74) is 0.688. The van der Waals surface area contributed by atoms with Gasteiger partial charge in [-0.05, 0) is 37.1 Å². The number of nitrogens with zero attached hydrogens (tertiary/aromatic N) is 2. The highest BCUT2D eigenvalue weighted by Gasteiger charge is 2.24. The van der Waals surface area contributed by atoms with Crippen molar-refractivity contribution in [2.75, 3.05) is 26.0 Å². The van der Waals surface area contributed by atoms with Crippen LogP contribution in [0.1, 0.15) is 23.2 Å². The molecule has 0 aromatic carbocycles. The fraction of sp³-hybridized carbons (Fsp3) is 0.538. The van der Waals surface area contributed by atoms with E-state index in [1.807, 2.05) is 17.2 Å². The maximum absolute atomic E-state index is 12.3. The smallest absolute Gasteiger partial charge is 0.254 e. The third kappa shape index (κ3) is 3.03. The minimum Gasteiger partial charge on any atom is -0.396 e. The SMILES string of the molecule is CSc1cc(C(=O)N2CCCC(CO)C2)ccn1. The molecule has 1 N–H and O–H groups in total. The molecule has 0 bridgehead atoms. The van der Waals surface area contributed by atoms with E-state index in [-0.39, 0.29) is 18.4 Å². The molecular formula is C13H18N2O2S. The van der Waals surface area contributed by atoms with Gasteiger partial charge < -0.3 is 10.0 Å². The molecule has 1 aromatic heterocycles. The van der Waals surface area contributed by atoms with Gasteiger partial charge in [0.05, 0.1) is 5.03 Å². The van der Waals surface area contributed by atoms with E-state index in [0.29, 0.717) is 12.1 Å². The quantitative estimate of drug-likeness (QED) is 0.845. The molecule has 18 heavy (non-hydrogen) atoms. The summed E-state index contributed by atoms with van der Waals surface area (Å²) in [5, 5.41) is 10.0. The first-order valence-corrected chi connectivity index (χ1v) is 7.37. The van der Waals surface area contributed by atoms with Crippen molar-refractivity contribution in [3.05, 3.63) is 23.9 Å². The van der Waals surface area contributed by atoms with Crippen molar-refractivity contribution in [2.45, 2.75) is 17.9 Å². The highest BCUT2D eigenvalue weighted by atomic mass is 32.2. The number of thioether (sulfide) groups is 1. The van der Waals surface area contributed by atoms with Gasteiger partial charge in [-0.2, -0.15) is 0 Å². The van der Waals surface area contributed by atoms with Crippen LogP contribution in [-0.2, 0) is 0 Å². The zero-order chi connectivity index (χ0) is 13.0. The number of aliphatic hydroxyl groups excluding tert-OH is 1. The summed E-state index contributed by atoms with van der Waals surface area (Å²) in [6, 6.07) is 3.58. The third-order valence-corrected chi connectivity index (χ3v) is 3.90. The summed E-state index contributed by atoms with van der Waals surface area (Å²) in [7, 11) is 0. The van der Waals surface area contributed by atoms with Crippen LogP contribution in [0.25, 0.3) is 0 Å². The van der Waals surface area contributed by atoms with Crippen LogP contribution in [0.2, 0.25) is 0 Å². The summed E-state index contributed by atoms with van der Waals surface area (Å²) in [5.74, 6) is 0.274. The van der Waals surface area contributed by atoms with Gasteiger partial charge in [-0.25, -0.2) is 4.98 Å². The normalized spacial score (nSPS) is 19.9. The Hall–Kier alpha value is -1.07. The summed E-state index contributed by atoms with van der Waals surface area (Å²) in [6.45, 7) is 1.61. The molecule has 1 aromatic rings. The van der Waals surface area contributed by atoms with E-state index in [1.54, 1.807) is 12.3 Å². The Bertz CT molecular complexity index is 425. The zero-order valence-corrected chi connectivity index (χ0v) is 11.3. The molecule has 1 amide bonds. The van der Waals surface area contributed by atoms with Crippen molar-refractivity contribution in [2.24, 2.45) is 5.92 Å². The second kappa shape index (κ2) is 6.20. The van der Waals surface area contributed by atoms with Gasteiger partial charge in [0.2, 0.25) is 0 Å². The molecule has 1 atom stereocenters. The molecule has 98 valence electrons. The number of carbonyl (C=O) groups is 1. The van der Waals surface area contributed by atoms with Gasteiger partial charge in [0.25, 0.3) is 5.91 Å². The Morgan fingerprint density at radius 1 is 1.67 bits per heavy atom. The second-order valence-corrected chi connectivity index (χ2v) is 5.36. The van der Waals surface area contributed by atoms with Gasteiger partial charge in [-0.15, -0.1) is 11.8 Å². The maximum Gasteiger partial charge on any atom is 0.254 e. The summed E-state index contributed by atoms with van der Waals surface area (Å²) in [4.78, 5) is 18.3. The number of aliphatic hydroxyl groups is 1. The number of piperidine rings is 1. The molecule has 0 aliphatic carbocycles. The summed E-state index contributed by atoms with van der Waals surface area (Å²) >= 11 is 1.53. The van der Waals surface area contributed by atoms with Crippen LogP contribution >= 0.6 is 11.8 Å². The highest BCUT2D eigenvalue weighted by Crippen LogP contribution is 2.19. The molecular weight excluding hydrogens is 248 g/mol. The lowest BCUT2D eigenvalue weighted by Gasteiger charge is -2.31. The minimum atomic E-state index is 0.0471. The summed E-state index contributed by atoms with van der Waals surface area (Å²) < 4.78 is 0. The van der Waals surface area contributed by atoms with Crippen LogP contribution in [0, 0.1) is 5.92 Å². The first-order chi connectivity index (χ1) is 8.74. The molecule has 2 heterocycles. The zero-order valence-electron chi connectivity index (χ0n) is 10.5. The van der Waals surface area contributed by atoms with Crippen molar-refractivity contribution in [1.82, 2.24) is 9.88 Å². The molecule has 1 aliphatic heterocycles. The highest BCUT2D eigenvalue weighted by molar-refractivity contribution is 7.98. The van der Waals surface area contributed by atoms with E-state index >= 15 is 0 Å². The number of hydrogen-bond donors (Lipinski definition) is 1. The standard InChI is InChI=1S/C13H18N2O2S/c1-18-12-7-11(4-5-14-12)13(17)15-6-2-3-10(8-15)9-16/h4-5,7,10,16H,2-3,6,8-9H2,1H3. The number of carbonyl (C=O) groups excluding carboxylic acids is 1. The molecule has 1 fully saturated rings. The third-order valence-electron chi connectivity index (χ3n) is 3.26. The number of aromatic nitrogens is 1. The van der Waals surface area contributed by atoms with E-state index < -0.39 is 0 Å². The minimum absolute atomic E-state index is 0.0471. The largest absolute Gasteiger partial charge is 0.396 e. The van der Waals surface area contributed by atoms with Crippen LogP contribution < -0.4 is 0 Å². The summed E-state index contributed by atoms with van der Waals surface area (Å²) in [6.07, 6.45) is 5.59. The fourth-order valence-electron chi connectivity index (χ4n) is 2.24. The van der Waals surface area contributed by atoms with Gasteiger partial charge in [0.15, 0.2) is 0 Å². The maximum atomic E-state index is 12.3. The predicted octanol–water partition coefficient (Wildman–Crippen LogP) is 1.65. The van der Waals surface area contributed by atoms with Crippen molar-refractivity contribution in [1.29, 1.82) is 0 Å². The molecule has 0 spiro atoms. The monoisotopic (exact) mass is 266 g/mol. The van der Waals surface area contributed by atoms with Gasteiger partial charge in [0, 0.05) is 31.5 Å². The average Bonchev–Trinajstić information content (AvgIpc) is 2.46. The number of likely N-dealkylation sites (tertiary alicyclic amines) is 1. The molecule has 1 saturated heterocycles. The Balaban J connectivity index is 2.10. The van der Waals surface area contributed by atoms with E-state index in [9.17, 15) is 9.90 Å². The van der Waals surface area contributed by atoms with E-state index in [0.717, 1.165) is 24.4 Å². The molecule has 4 nitrogen and oxygen atoms in total. The average molecular weight is 266 g/mol. The molecule has 0 radical (unpaired) electrons. The lowest BCUT2D eigenvalue weighted by atomic mass is 9.98. The fourth-order valence-corrected chi connectivity index (χ4v) is 2.65. The number of amides is 1. The first kappa shape index (κ1) is 13.4. The van der Waals surface area contributed by atoms with Crippen LogP contribution in [0.15, 0.2) is 23.4 Å². The molecule has 1 unspecified atom stereocenters. The molecule has 2 rings (SSSR count). The molecule has 0 saturated carbocycles. The number of pyridine rings is 1. The van der Waals surface area contributed by atoms with Crippen LogP contribution in [0.3, 0.4) is 0 Å². The van der Waals surface area contributed by atoms with Gasteiger partial charge in [0.1, 0.15) is 0 Å². The number of rotatable bonds is 3. The van der Waals surface area contributed by atoms with Gasteiger partial charge >= 0.3 is 0 Å². The van der Waals surface area contributed by atoms with Crippen LogP contribution in [0.5, 0.6) is 0 Å². The second-order valence-electron chi connectivity index (χ2n) is 4.53. The lowest BCUT2D eigenvalue weighted by molar-refractivity contribution is 0.0620. The molecule has 1 aliphatic rings. The number of hydrogen-bond acceptors (Lipinski definition) is 4. The van der Waals surface area contributed by atoms with Crippen molar-refractivity contribution < 1.29 is 9.90 Å². The Labute approximate surface area is 111 Å². The van der Waals surface area contributed by atoms with E-state index in [1.165, 1.54) is 11.8 Å². The molecule has 5 heteroatoms. The van der Waals surface area contributed by atoms with Crippen molar-refractivity contribution in [3.63, 3.8) is 0 Å². The lowest BCUT2D eigenvalue weighted by Crippen LogP contribution is -2.40. The van der Waals surface area contributed by atoms with Crippen molar-refractivity contribution >= 4 is 17.7 Å². The van der Waals surface area contributed by atoms with Gasteiger partial charge in [-0.3, -0.25) is 4.79 Å². The predicted molar refractivity (Wildman–Crippen MR) is 71.7 cm³/mol. The first-order valence-electron chi connectivity index (χ1n) is 6.14. The van der Waals surface area contributed by atoms with Crippen molar-refractivity contribution in [3.8, 4) is 0 Å². The Morgan fingerprint density at radius 2 is 2.50 bits per heavy atom.